The van der Waals surface area contributed by atoms with Gasteiger partial charge in [0, 0.05) is 5.41 Å². The largest absolute Gasteiger partial charge is 0.464 e. The summed E-state index contributed by atoms with van der Waals surface area (Å²) in [7, 11) is 0. The molecule has 0 saturated heterocycles. The molecule has 1 unspecified atom stereocenters. The van der Waals surface area contributed by atoms with Crippen molar-refractivity contribution in [1.29, 1.82) is 0 Å². The van der Waals surface area contributed by atoms with Gasteiger partial charge in [0.2, 0.25) is 5.91 Å². The number of hydrogen-bond acceptors (Lipinski definition) is 3. The van der Waals surface area contributed by atoms with E-state index >= 15 is 0 Å². The first-order chi connectivity index (χ1) is 7.99. The third-order valence-corrected chi connectivity index (χ3v) is 3.49. The van der Waals surface area contributed by atoms with Gasteiger partial charge in [-0.1, -0.05) is 26.2 Å². The molecule has 98 valence electrons. The van der Waals surface area contributed by atoms with Crippen LogP contribution in [0, 0.1) is 5.41 Å². The Kier molecular flexibility index (Phi) is 4.97. The fourth-order valence-electron chi connectivity index (χ4n) is 2.26. The third kappa shape index (κ3) is 3.72. The van der Waals surface area contributed by atoms with Crippen molar-refractivity contribution in [3.05, 3.63) is 0 Å². The van der Waals surface area contributed by atoms with Gasteiger partial charge in [-0.15, -0.1) is 0 Å². The van der Waals surface area contributed by atoms with E-state index in [4.69, 9.17) is 4.74 Å². The van der Waals surface area contributed by atoms with Gasteiger partial charge in [-0.2, -0.15) is 0 Å². The average Bonchev–Trinajstić information content (AvgIpc) is 2.30. The molecule has 1 atom stereocenters. The summed E-state index contributed by atoms with van der Waals surface area (Å²) in [5.74, 6) is -0.377. The average molecular weight is 241 g/mol. The summed E-state index contributed by atoms with van der Waals surface area (Å²) in [4.78, 5) is 23.5. The quantitative estimate of drug-likeness (QED) is 0.766. The lowest BCUT2D eigenvalue weighted by atomic mass is 9.75. The molecule has 0 aliphatic heterocycles. The minimum atomic E-state index is -0.554. The van der Waals surface area contributed by atoms with E-state index in [-0.39, 0.29) is 17.3 Å². The minimum Gasteiger partial charge on any atom is -0.464 e. The Bertz CT molecular complexity index is 282. The number of rotatable bonds is 4. The van der Waals surface area contributed by atoms with Crippen molar-refractivity contribution in [1.82, 2.24) is 5.32 Å². The summed E-state index contributed by atoms with van der Waals surface area (Å²) < 4.78 is 4.87. The Morgan fingerprint density at radius 3 is 2.41 bits per heavy atom. The monoisotopic (exact) mass is 241 g/mol. The maximum Gasteiger partial charge on any atom is 0.328 e. The molecule has 0 spiro atoms. The van der Waals surface area contributed by atoms with Crippen LogP contribution in [0.1, 0.15) is 52.9 Å². The van der Waals surface area contributed by atoms with Crippen molar-refractivity contribution in [2.45, 2.75) is 58.9 Å². The van der Waals surface area contributed by atoms with Gasteiger partial charge in [-0.25, -0.2) is 4.79 Å². The molecular formula is C13H23NO3. The zero-order valence-electron chi connectivity index (χ0n) is 11.0. The van der Waals surface area contributed by atoms with E-state index in [2.05, 4.69) is 5.32 Å². The third-order valence-electron chi connectivity index (χ3n) is 3.49. The Labute approximate surface area is 103 Å². The molecule has 0 aromatic heterocycles. The number of amides is 1. The maximum absolute atomic E-state index is 12.1. The second-order valence-electron chi connectivity index (χ2n) is 5.07. The van der Waals surface area contributed by atoms with Crippen LogP contribution in [-0.4, -0.2) is 24.5 Å². The Hall–Kier alpha value is -1.06. The predicted molar refractivity (Wildman–Crippen MR) is 65.4 cm³/mol. The van der Waals surface area contributed by atoms with Gasteiger partial charge in [0.1, 0.15) is 6.04 Å². The molecule has 0 heterocycles. The molecular weight excluding hydrogens is 218 g/mol. The first kappa shape index (κ1) is 14.0. The second-order valence-corrected chi connectivity index (χ2v) is 5.07. The van der Waals surface area contributed by atoms with E-state index in [9.17, 15) is 9.59 Å². The molecule has 1 saturated carbocycles. The number of carbonyl (C=O) groups excluding carboxylic acids is 2. The number of ether oxygens (including phenoxy) is 1. The maximum atomic E-state index is 12.1. The van der Waals surface area contributed by atoms with Crippen LogP contribution in [0.2, 0.25) is 0 Å². The number of esters is 1. The highest BCUT2D eigenvalue weighted by molar-refractivity contribution is 5.87. The molecule has 1 aliphatic rings. The van der Waals surface area contributed by atoms with Gasteiger partial charge in [0.25, 0.3) is 0 Å². The van der Waals surface area contributed by atoms with Crippen LogP contribution in [0.15, 0.2) is 0 Å². The zero-order chi connectivity index (χ0) is 12.9. The van der Waals surface area contributed by atoms with Gasteiger partial charge in [-0.05, 0) is 26.7 Å². The van der Waals surface area contributed by atoms with Crippen molar-refractivity contribution in [2.24, 2.45) is 5.41 Å². The molecule has 17 heavy (non-hydrogen) atoms. The summed E-state index contributed by atoms with van der Waals surface area (Å²) in [5, 5.41) is 2.76. The van der Waals surface area contributed by atoms with Crippen LogP contribution in [0.25, 0.3) is 0 Å². The standard InChI is InChI=1S/C13H23NO3/c1-4-17-11(15)10(2)14-12(16)13(3)8-6-5-7-9-13/h10H,4-9H2,1-3H3,(H,14,16). The molecule has 1 aliphatic carbocycles. The first-order valence-electron chi connectivity index (χ1n) is 6.47. The Morgan fingerprint density at radius 2 is 1.88 bits per heavy atom. The molecule has 1 N–H and O–H groups in total. The molecule has 1 amide bonds. The molecule has 0 radical (unpaired) electrons. The summed E-state index contributed by atoms with van der Waals surface area (Å²) in [6.45, 7) is 5.76. The van der Waals surface area contributed by atoms with E-state index in [1.54, 1.807) is 13.8 Å². The Morgan fingerprint density at radius 1 is 1.29 bits per heavy atom. The topological polar surface area (TPSA) is 55.4 Å². The fourth-order valence-corrected chi connectivity index (χ4v) is 2.26. The van der Waals surface area contributed by atoms with Crippen LogP contribution in [0.5, 0.6) is 0 Å². The van der Waals surface area contributed by atoms with E-state index < -0.39 is 6.04 Å². The smallest absolute Gasteiger partial charge is 0.328 e. The molecule has 4 nitrogen and oxygen atoms in total. The van der Waals surface area contributed by atoms with E-state index in [0.29, 0.717) is 6.61 Å². The van der Waals surface area contributed by atoms with Crippen LogP contribution < -0.4 is 5.32 Å². The van der Waals surface area contributed by atoms with Crippen molar-refractivity contribution in [2.75, 3.05) is 6.61 Å². The van der Waals surface area contributed by atoms with E-state index in [1.807, 2.05) is 6.92 Å². The molecule has 4 heteroatoms. The van der Waals surface area contributed by atoms with E-state index in [1.165, 1.54) is 6.42 Å². The fraction of sp³-hybridized carbons (Fsp3) is 0.846. The predicted octanol–water partition coefficient (Wildman–Crippen LogP) is 2.02. The number of nitrogens with one attached hydrogen (secondary N) is 1. The van der Waals surface area contributed by atoms with Crippen molar-refractivity contribution >= 4 is 11.9 Å². The number of hydrogen-bond donors (Lipinski definition) is 1. The van der Waals surface area contributed by atoms with Crippen molar-refractivity contribution in [3.8, 4) is 0 Å². The summed E-state index contributed by atoms with van der Waals surface area (Å²) in [5.41, 5.74) is -0.307. The van der Waals surface area contributed by atoms with Crippen LogP contribution in [-0.2, 0) is 14.3 Å². The van der Waals surface area contributed by atoms with Crippen LogP contribution in [0.4, 0.5) is 0 Å². The van der Waals surface area contributed by atoms with Crippen LogP contribution >= 0.6 is 0 Å². The van der Waals surface area contributed by atoms with Gasteiger partial charge in [-0.3, -0.25) is 4.79 Å². The molecule has 0 aromatic carbocycles. The molecule has 0 aromatic rings. The van der Waals surface area contributed by atoms with Crippen molar-refractivity contribution in [3.63, 3.8) is 0 Å². The highest BCUT2D eigenvalue weighted by Gasteiger charge is 2.35. The van der Waals surface area contributed by atoms with Gasteiger partial charge >= 0.3 is 5.97 Å². The SMILES string of the molecule is CCOC(=O)C(C)NC(=O)C1(C)CCCCC1. The van der Waals surface area contributed by atoms with Gasteiger partial charge < -0.3 is 10.1 Å². The normalized spacial score (nSPS) is 20.4. The lowest BCUT2D eigenvalue weighted by Crippen LogP contribution is -2.47. The van der Waals surface area contributed by atoms with Crippen molar-refractivity contribution < 1.29 is 14.3 Å². The van der Waals surface area contributed by atoms with Gasteiger partial charge in [0.05, 0.1) is 6.61 Å². The highest BCUT2D eigenvalue weighted by Crippen LogP contribution is 2.35. The second kappa shape index (κ2) is 6.03. The summed E-state index contributed by atoms with van der Waals surface area (Å²) >= 11 is 0. The lowest BCUT2D eigenvalue weighted by Gasteiger charge is -2.32. The minimum absolute atomic E-state index is 0.0160. The zero-order valence-corrected chi connectivity index (χ0v) is 11.0. The first-order valence-corrected chi connectivity index (χ1v) is 6.47. The highest BCUT2D eigenvalue weighted by atomic mass is 16.5. The van der Waals surface area contributed by atoms with E-state index in [0.717, 1.165) is 25.7 Å². The molecule has 1 rings (SSSR count). The Balaban J connectivity index is 2.50. The molecule has 0 bridgehead atoms. The molecule has 1 fully saturated rings. The summed E-state index contributed by atoms with van der Waals surface area (Å²) in [6.07, 6.45) is 5.22. The van der Waals surface area contributed by atoms with Crippen LogP contribution in [0.3, 0.4) is 0 Å². The number of carbonyl (C=O) groups is 2. The lowest BCUT2D eigenvalue weighted by molar-refractivity contribution is -0.148. The van der Waals surface area contributed by atoms with Gasteiger partial charge in [0.15, 0.2) is 0 Å². The summed E-state index contributed by atoms with van der Waals surface area (Å²) in [6, 6.07) is -0.554.